The van der Waals surface area contributed by atoms with Crippen molar-refractivity contribution in [2.45, 2.75) is 0 Å². The number of nitriles is 1. The van der Waals surface area contributed by atoms with E-state index in [4.69, 9.17) is 5.26 Å². The zero-order chi connectivity index (χ0) is 18.7. The average Bonchev–Trinajstić information content (AvgIpc) is 3.13. The predicted octanol–water partition coefficient (Wildman–Crippen LogP) is 2.90. The Balaban J connectivity index is 2.03. The molecule has 7 nitrogen and oxygen atoms in total. The molecule has 0 bridgehead atoms. The summed E-state index contributed by atoms with van der Waals surface area (Å²) in [6.07, 6.45) is 1.41. The number of hydrogen-bond acceptors (Lipinski definition) is 5. The fraction of sp³-hybridized carbons (Fsp3) is 0.0526. The van der Waals surface area contributed by atoms with Gasteiger partial charge in [0.1, 0.15) is 11.3 Å². The molecule has 26 heavy (non-hydrogen) atoms. The molecular formula is C19H13N3O4. The Hall–Kier alpha value is -3.92. The molecule has 2 aromatic carbocycles. The molecule has 1 N–H and O–H groups in total. The molecule has 128 valence electrons. The number of aromatic nitrogens is 2. The molecule has 0 aliphatic heterocycles. The van der Waals surface area contributed by atoms with Crippen LogP contribution in [0.3, 0.4) is 0 Å². The quantitative estimate of drug-likeness (QED) is 0.728. The van der Waals surface area contributed by atoms with Gasteiger partial charge in [0.15, 0.2) is 0 Å². The summed E-state index contributed by atoms with van der Waals surface area (Å²) in [6, 6.07) is 15.0. The summed E-state index contributed by atoms with van der Waals surface area (Å²) in [7, 11) is 1.29. The van der Waals surface area contributed by atoms with Crippen LogP contribution in [-0.2, 0) is 4.74 Å². The van der Waals surface area contributed by atoms with Crippen LogP contribution in [0.15, 0.2) is 54.7 Å². The first kappa shape index (κ1) is 16.9. The zero-order valence-electron chi connectivity index (χ0n) is 13.7. The number of carbonyl (C=O) groups excluding carboxylic acids is 1. The highest BCUT2D eigenvalue weighted by Gasteiger charge is 2.18. The number of aromatic carboxylic acids is 1. The van der Waals surface area contributed by atoms with E-state index in [9.17, 15) is 14.7 Å². The first-order valence-electron chi connectivity index (χ1n) is 7.55. The van der Waals surface area contributed by atoms with Crippen molar-refractivity contribution in [2.75, 3.05) is 7.11 Å². The predicted molar refractivity (Wildman–Crippen MR) is 92.0 cm³/mol. The van der Waals surface area contributed by atoms with Gasteiger partial charge in [-0.15, -0.1) is 0 Å². The normalized spacial score (nSPS) is 10.2. The number of benzene rings is 2. The number of methoxy groups -OCH3 is 1. The second-order valence-electron chi connectivity index (χ2n) is 5.37. The Kier molecular flexibility index (Phi) is 4.50. The van der Waals surface area contributed by atoms with Crippen LogP contribution in [0.5, 0.6) is 0 Å². The van der Waals surface area contributed by atoms with Crippen LogP contribution in [0.4, 0.5) is 0 Å². The van der Waals surface area contributed by atoms with Crippen molar-refractivity contribution in [1.82, 2.24) is 9.78 Å². The minimum Gasteiger partial charge on any atom is -0.478 e. The topological polar surface area (TPSA) is 105 Å². The number of hydrogen-bond donors (Lipinski definition) is 1. The van der Waals surface area contributed by atoms with E-state index in [2.05, 4.69) is 9.84 Å². The summed E-state index contributed by atoms with van der Waals surface area (Å²) in [6.45, 7) is 0. The van der Waals surface area contributed by atoms with Crippen LogP contribution in [0.25, 0.3) is 16.9 Å². The minimum atomic E-state index is -1.11. The van der Waals surface area contributed by atoms with E-state index in [0.29, 0.717) is 22.4 Å². The largest absolute Gasteiger partial charge is 0.478 e. The number of carboxylic acids is 1. The van der Waals surface area contributed by atoms with Crippen molar-refractivity contribution >= 4 is 11.9 Å². The molecular weight excluding hydrogens is 334 g/mol. The van der Waals surface area contributed by atoms with Crippen LogP contribution in [0.1, 0.15) is 26.3 Å². The Labute approximate surface area is 148 Å². The van der Waals surface area contributed by atoms with Gasteiger partial charge in [0.2, 0.25) is 0 Å². The molecule has 0 atom stereocenters. The molecule has 0 saturated heterocycles. The number of nitrogens with zero attached hydrogens (tertiary/aromatic N) is 3. The SMILES string of the molecule is COC(=O)c1ccc(-c2nn(-c3ccc(C#N)cc3)cc2C(=O)O)cc1. The van der Waals surface area contributed by atoms with Gasteiger partial charge in [-0.1, -0.05) is 12.1 Å². The van der Waals surface area contributed by atoms with E-state index >= 15 is 0 Å². The summed E-state index contributed by atoms with van der Waals surface area (Å²) in [5.41, 5.74) is 2.35. The van der Waals surface area contributed by atoms with Gasteiger partial charge in [0, 0.05) is 11.8 Å². The zero-order valence-corrected chi connectivity index (χ0v) is 13.7. The number of carboxylic acid groups (broad SMARTS) is 1. The molecule has 0 radical (unpaired) electrons. The lowest BCUT2D eigenvalue weighted by Crippen LogP contribution is -2.01. The molecule has 3 aromatic rings. The molecule has 1 aromatic heterocycles. The van der Waals surface area contributed by atoms with Crippen molar-refractivity contribution in [3.63, 3.8) is 0 Å². The van der Waals surface area contributed by atoms with Crippen molar-refractivity contribution in [3.8, 4) is 23.0 Å². The van der Waals surface area contributed by atoms with Crippen LogP contribution in [0, 0.1) is 11.3 Å². The fourth-order valence-electron chi connectivity index (χ4n) is 2.45. The molecule has 7 heteroatoms. The molecule has 3 rings (SSSR count). The Bertz CT molecular complexity index is 1010. The third kappa shape index (κ3) is 3.16. The number of carbonyl (C=O) groups is 2. The van der Waals surface area contributed by atoms with E-state index in [0.717, 1.165) is 0 Å². The second kappa shape index (κ2) is 6.91. The maximum atomic E-state index is 11.6. The van der Waals surface area contributed by atoms with E-state index in [-0.39, 0.29) is 11.3 Å². The van der Waals surface area contributed by atoms with E-state index in [1.54, 1.807) is 48.5 Å². The third-order valence-electron chi connectivity index (χ3n) is 3.79. The van der Waals surface area contributed by atoms with Crippen molar-refractivity contribution in [2.24, 2.45) is 0 Å². The second-order valence-corrected chi connectivity index (χ2v) is 5.37. The highest BCUT2D eigenvalue weighted by atomic mass is 16.5. The van der Waals surface area contributed by atoms with Crippen LogP contribution in [-0.4, -0.2) is 33.9 Å². The summed E-state index contributed by atoms with van der Waals surface area (Å²) >= 11 is 0. The van der Waals surface area contributed by atoms with Crippen LogP contribution < -0.4 is 0 Å². The average molecular weight is 347 g/mol. The summed E-state index contributed by atoms with van der Waals surface area (Å²) in [5.74, 6) is -1.59. The summed E-state index contributed by atoms with van der Waals surface area (Å²) in [5, 5.41) is 22.7. The number of ether oxygens (including phenoxy) is 1. The summed E-state index contributed by atoms with van der Waals surface area (Å²) < 4.78 is 6.09. The lowest BCUT2D eigenvalue weighted by atomic mass is 10.1. The lowest BCUT2D eigenvalue weighted by molar-refractivity contribution is 0.0599. The van der Waals surface area contributed by atoms with Gasteiger partial charge < -0.3 is 9.84 Å². The van der Waals surface area contributed by atoms with Crippen LogP contribution >= 0.6 is 0 Å². The molecule has 0 unspecified atom stereocenters. The monoisotopic (exact) mass is 347 g/mol. The minimum absolute atomic E-state index is 0.0279. The molecule has 0 fully saturated rings. The molecule has 0 spiro atoms. The summed E-state index contributed by atoms with van der Waals surface area (Å²) in [4.78, 5) is 23.1. The smallest absolute Gasteiger partial charge is 0.339 e. The van der Waals surface area contributed by atoms with Gasteiger partial charge in [-0.25, -0.2) is 14.3 Å². The van der Waals surface area contributed by atoms with Gasteiger partial charge in [-0.05, 0) is 36.4 Å². The van der Waals surface area contributed by atoms with Gasteiger partial charge in [0.25, 0.3) is 0 Å². The Morgan fingerprint density at radius 1 is 1.12 bits per heavy atom. The number of rotatable bonds is 4. The standard InChI is InChI=1S/C19H13N3O4/c1-26-19(25)14-6-4-13(5-7-14)17-16(18(23)24)11-22(21-17)15-8-2-12(10-20)3-9-15/h2-9,11H,1H3,(H,23,24). The van der Waals surface area contributed by atoms with Gasteiger partial charge in [-0.2, -0.15) is 10.4 Å². The van der Waals surface area contributed by atoms with Crippen LogP contribution in [0.2, 0.25) is 0 Å². The molecule has 0 aliphatic rings. The maximum Gasteiger partial charge on any atom is 0.339 e. The third-order valence-corrected chi connectivity index (χ3v) is 3.79. The van der Waals surface area contributed by atoms with E-state index < -0.39 is 11.9 Å². The van der Waals surface area contributed by atoms with Gasteiger partial charge in [-0.3, -0.25) is 0 Å². The first-order valence-corrected chi connectivity index (χ1v) is 7.55. The van der Waals surface area contributed by atoms with E-state index in [1.807, 2.05) is 6.07 Å². The molecule has 1 heterocycles. The van der Waals surface area contributed by atoms with Gasteiger partial charge >= 0.3 is 11.9 Å². The molecule has 0 amide bonds. The lowest BCUT2D eigenvalue weighted by Gasteiger charge is -2.02. The maximum absolute atomic E-state index is 11.6. The molecule has 0 saturated carbocycles. The van der Waals surface area contributed by atoms with Crippen molar-refractivity contribution < 1.29 is 19.4 Å². The highest BCUT2D eigenvalue weighted by Crippen LogP contribution is 2.24. The van der Waals surface area contributed by atoms with Gasteiger partial charge in [0.05, 0.1) is 30.0 Å². The first-order chi connectivity index (χ1) is 12.5. The Morgan fingerprint density at radius 3 is 2.31 bits per heavy atom. The highest BCUT2D eigenvalue weighted by molar-refractivity contribution is 5.95. The fourth-order valence-corrected chi connectivity index (χ4v) is 2.45. The number of esters is 1. The molecule has 0 aliphatic carbocycles. The van der Waals surface area contributed by atoms with E-state index in [1.165, 1.54) is 18.0 Å². The van der Waals surface area contributed by atoms with Crippen molar-refractivity contribution in [3.05, 3.63) is 71.4 Å². The van der Waals surface area contributed by atoms with Crippen molar-refractivity contribution in [1.29, 1.82) is 5.26 Å². The Morgan fingerprint density at radius 2 is 1.77 bits per heavy atom.